The van der Waals surface area contributed by atoms with Crippen molar-refractivity contribution in [3.05, 3.63) is 18.0 Å². The van der Waals surface area contributed by atoms with Gasteiger partial charge in [0, 0.05) is 24.5 Å². The Bertz CT molecular complexity index is 232. The van der Waals surface area contributed by atoms with E-state index in [0.717, 1.165) is 18.7 Å². The molecule has 4 nitrogen and oxygen atoms in total. The molecule has 0 aliphatic heterocycles. The molecule has 3 N–H and O–H groups in total. The van der Waals surface area contributed by atoms with Gasteiger partial charge in [-0.25, -0.2) is 9.97 Å². The second-order valence-electron chi connectivity index (χ2n) is 2.98. The van der Waals surface area contributed by atoms with Gasteiger partial charge in [-0.3, -0.25) is 0 Å². The van der Waals surface area contributed by atoms with Crippen molar-refractivity contribution in [1.29, 1.82) is 0 Å². The predicted molar refractivity (Wildman–Crippen MR) is 53.1 cm³/mol. The summed E-state index contributed by atoms with van der Waals surface area (Å²) in [7, 11) is 0. The van der Waals surface area contributed by atoms with Crippen molar-refractivity contribution in [2.75, 3.05) is 12.3 Å². The summed E-state index contributed by atoms with van der Waals surface area (Å²) in [6.45, 7) is 4.04. The van der Waals surface area contributed by atoms with E-state index in [1.165, 1.54) is 12.8 Å². The first-order chi connectivity index (χ1) is 6.33. The second-order valence-corrected chi connectivity index (χ2v) is 2.98. The van der Waals surface area contributed by atoms with Crippen molar-refractivity contribution in [1.82, 2.24) is 15.3 Å². The molecule has 72 valence electrons. The molecule has 0 unspecified atom stereocenters. The molecule has 0 saturated heterocycles. The highest BCUT2D eigenvalue weighted by atomic mass is 15.0. The fraction of sp³-hybridized carbons (Fsp3) is 0.556. The van der Waals surface area contributed by atoms with Gasteiger partial charge in [0.1, 0.15) is 0 Å². The summed E-state index contributed by atoms with van der Waals surface area (Å²) in [6.07, 6.45) is 5.92. The molecular formula is C9H16N4. The van der Waals surface area contributed by atoms with Gasteiger partial charge >= 0.3 is 0 Å². The molecule has 0 aliphatic rings. The zero-order valence-corrected chi connectivity index (χ0v) is 7.95. The standard InChI is InChI=1S/C9H16N4/c1-2-3-4-11-5-8-6-12-9(10)13-7-8/h6-7,11H,2-5H2,1H3,(H2,10,12,13). The molecule has 0 fully saturated rings. The number of nitrogens with one attached hydrogen (secondary N) is 1. The van der Waals surface area contributed by atoms with Crippen LogP contribution in [0.15, 0.2) is 12.4 Å². The molecule has 1 aromatic rings. The maximum atomic E-state index is 5.36. The first-order valence-corrected chi connectivity index (χ1v) is 4.60. The Morgan fingerprint density at radius 3 is 2.69 bits per heavy atom. The third kappa shape index (κ3) is 3.85. The van der Waals surface area contributed by atoms with Crippen molar-refractivity contribution in [3.8, 4) is 0 Å². The summed E-state index contributed by atoms with van der Waals surface area (Å²) in [5.74, 6) is 0.331. The van der Waals surface area contributed by atoms with Crippen LogP contribution in [0.4, 0.5) is 5.95 Å². The lowest BCUT2D eigenvalue weighted by Gasteiger charge is -2.02. The third-order valence-electron chi connectivity index (χ3n) is 1.76. The van der Waals surface area contributed by atoms with Crippen LogP contribution in [0.5, 0.6) is 0 Å². The molecule has 0 spiro atoms. The Morgan fingerprint density at radius 1 is 1.38 bits per heavy atom. The van der Waals surface area contributed by atoms with Crippen LogP contribution in [0.3, 0.4) is 0 Å². The minimum atomic E-state index is 0.331. The van der Waals surface area contributed by atoms with Gasteiger partial charge in [-0.1, -0.05) is 13.3 Å². The van der Waals surface area contributed by atoms with Crippen molar-refractivity contribution < 1.29 is 0 Å². The summed E-state index contributed by atoms with van der Waals surface area (Å²) >= 11 is 0. The van der Waals surface area contributed by atoms with Gasteiger partial charge in [0.25, 0.3) is 0 Å². The first kappa shape index (κ1) is 9.92. The SMILES string of the molecule is CCCCNCc1cnc(N)nc1. The number of nitrogens with zero attached hydrogens (tertiary/aromatic N) is 2. The lowest BCUT2D eigenvalue weighted by molar-refractivity contribution is 0.639. The van der Waals surface area contributed by atoms with Crippen LogP contribution in [-0.4, -0.2) is 16.5 Å². The van der Waals surface area contributed by atoms with Crippen molar-refractivity contribution in [2.24, 2.45) is 0 Å². The minimum absolute atomic E-state index is 0.331. The van der Waals surface area contributed by atoms with Crippen molar-refractivity contribution in [2.45, 2.75) is 26.3 Å². The van der Waals surface area contributed by atoms with E-state index in [9.17, 15) is 0 Å². The lowest BCUT2D eigenvalue weighted by atomic mass is 10.3. The van der Waals surface area contributed by atoms with Gasteiger partial charge in [0.2, 0.25) is 5.95 Å². The van der Waals surface area contributed by atoms with Gasteiger partial charge in [-0.15, -0.1) is 0 Å². The second kappa shape index (κ2) is 5.48. The summed E-state index contributed by atoms with van der Waals surface area (Å²) in [6, 6.07) is 0. The largest absolute Gasteiger partial charge is 0.368 e. The van der Waals surface area contributed by atoms with Gasteiger partial charge in [-0.05, 0) is 13.0 Å². The topological polar surface area (TPSA) is 63.8 Å². The van der Waals surface area contributed by atoms with Gasteiger partial charge in [0.05, 0.1) is 0 Å². The lowest BCUT2D eigenvalue weighted by Crippen LogP contribution is -2.14. The molecule has 0 radical (unpaired) electrons. The molecule has 0 amide bonds. The molecule has 0 atom stereocenters. The number of rotatable bonds is 5. The third-order valence-corrected chi connectivity index (χ3v) is 1.76. The van der Waals surface area contributed by atoms with Gasteiger partial charge in [0.15, 0.2) is 0 Å². The van der Waals surface area contributed by atoms with E-state index >= 15 is 0 Å². The Morgan fingerprint density at radius 2 is 2.08 bits per heavy atom. The van der Waals surface area contributed by atoms with Crippen LogP contribution in [0.1, 0.15) is 25.3 Å². The van der Waals surface area contributed by atoms with Crippen LogP contribution in [0, 0.1) is 0 Å². The van der Waals surface area contributed by atoms with E-state index in [1.54, 1.807) is 12.4 Å². The van der Waals surface area contributed by atoms with Gasteiger partial charge in [-0.2, -0.15) is 0 Å². The monoisotopic (exact) mass is 180 g/mol. The fourth-order valence-corrected chi connectivity index (χ4v) is 0.991. The molecule has 1 aromatic heterocycles. The molecule has 13 heavy (non-hydrogen) atoms. The fourth-order valence-electron chi connectivity index (χ4n) is 0.991. The molecule has 0 saturated carbocycles. The molecule has 1 heterocycles. The highest BCUT2D eigenvalue weighted by molar-refractivity contribution is 5.16. The van der Waals surface area contributed by atoms with E-state index in [0.29, 0.717) is 5.95 Å². The molecule has 1 rings (SSSR count). The summed E-state index contributed by atoms with van der Waals surface area (Å²) in [5, 5.41) is 3.30. The van der Waals surface area contributed by atoms with Crippen LogP contribution in [0.2, 0.25) is 0 Å². The molecule has 4 heteroatoms. The zero-order chi connectivity index (χ0) is 9.52. The average molecular weight is 180 g/mol. The van der Waals surface area contributed by atoms with Crippen molar-refractivity contribution >= 4 is 5.95 Å². The van der Waals surface area contributed by atoms with E-state index in [1.807, 2.05) is 0 Å². The number of hydrogen-bond acceptors (Lipinski definition) is 4. The molecule has 0 aromatic carbocycles. The summed E-state index contributed by atoms with van der Waals surface area (Å²) < 4.78 is 0. The van der Waals surface area contributed by atoms with Crippen LogP contribution in [0.25, 0.3) is 0 Å². The predicted octanol–water partition coefficient (Wildman–Crippen LogP) is 0.948. The average Bonchev–Trinajstić information content (AvgIpc) is 2.15. The molecule has 0 bridgehead atoms. The van der Waals surface area contributed by atoms with E-state index in [-0.39, 0.29) is 0 Å². The summed E-state index contributed by atoms with van der Waals surface area (Å²) in [4.78, 5) is 7.81. The van der Waals surface area contributed by atoms with Crippen LogP contribution < -0.4 is 11.1 Å². The van der Waals surface area contributed by atoms with E-state index in [2.05, 4.69) is 22.2 Å². The number of aromatic nitrogens is 2. The Hall–Kier alpha value is -1.16. The number of nitrogens with two attached hydrogens (primary N) is 1. The van der Waals surface area contributed by atoms with Gasteiger partial charge < -0.3 is 11.1 Å². The Labute approximate surface area is 78.6 Å². The minimum Gasteiger partial charge on any atom is -0.368 e. The number of anilines is 1. The zero-order valence-electron chi connectivity index (χ0n) is 7.95. The number of hydrogen-bond donors (Lipinski definition) is 2. The normalized spacial score (nSPS) is 10.2. The van der Waals surface area contributed by atoms with Crippen molar-refractivity contribution in [3.63, 3.8) is 0 Å². The number of nitrogen functional groups attached to an aromatic ring is 1. The highest BCUT2D eigenvalue weighted by Crippen LogP contribution is 1.96. The van der Waals surface area contributed by atoms with E-state index < -0.39 is 0 Å². The molecule has 0 aliphatic carbocycles. The summed E-state index contributed by atoms with van der Waals surface area (Å²) in [5.41, 5.74) is 6.43. The van der Waals surface area contributed by atoms with E-state index in [4.69, 9.17) is 5.73 Å². The Kier molecular flexibility index (Phi) is 4.18. The van der Waals surface area contributed by atoms with Crippen LogP contribution in [-0.2, 0) is 6.54 Å². The smallest absolute Gasteiger partial charge is 0.219 e. The maximum Gasteiger partial charge on any atom is 0.219 e. The number of unbranched alkanes of at least 4 members (excludes halogenated alkanes) is 1. The quantitative estimate of drug-likeness (QED) is 0.662. The maximum absolute atomic E-state index is 5.36. The van der Waals surface area contributed by atoms with Crippen LogP contribution >= 0.6 is 0 Å². The Balaban J connectivity index is 2.25. The molecular weight excluding hydrogens is 164 g/mol. The highest BCUT2D eigenvalue weighted by Gasteiger charge is 1.93. The first-order valence-electron chi connectivity index (χ1n) is 4.60.